The lowest BCUT2D eigenvalue weighted by Gasteiger charge is -2.10. The first-order chi connectivity index (χ1) is 9.54. The van der Waals surface area contributed by atoms with Crippen LogP contribution in [0.15, 0.2) is 24.3 Å². The molecule has 0 aliphatic carbocycles. The highest BCUT2D eigenvalue weighted by Crippen LogP contribution is 2.23. The number of hydrogen-bond acceptors (Lipinski definition) is 4. The molecule has 0 fully saturated rings. The monoisotopic (exact) mass is 275 g/mol. The van der Waals surface area contributed by atoms with Crippen molar-refractivity contribution in [1.29, 1.82) is 0 Å². The van der Waals surface area contributed by atoms with Crippen molar-refractivity contribution in [3.63, 3.8) is 0 Å². The summed E-state index contributed by atoms with van der Waals surface area (Å²) < 4.78 is 6.97. The molecular weight excluding hydrogens is 258 g/mol. The number of aryl methyl sites for hydroxylation is 2. The molecule has 0 saturated carbocycles. The summed E-state index contributed by atoms with van der Waals surface area (Å²) >= 11 is 0. The first-order valence-electron chi connectivity index (χ1n) is 6.17. The molecule has 2 rings (SSSR count). The van der Waals surface area contributed by atoms with Crippen LogP contribution in [0.2, 0.25) is 0 Å². The second kappa shape index (κ2) is 5.64. The van der Waals surface area contributed by atoms with Crippen LogP contribution in [-0.4, -0.2) is 28.0 Å². The Morgan fingerprint density at radius 1 is 1.45 bits per heavy atom. The van der Waals surface area contributed by atoms with Gasteiger partial charge in [-0.25, -0.2) is 9.48 Å². The first kappa shape index (κ1) is 13.9. The highest BCUT2D eigenvalue weighted by Gasteiger charge is 2.15. The van der Waals surface area contributed by atoms with Crippen molar-refractivity contribution in [2.75, 3.05) is 12.4 Å². The van der Waals surface area contributed by atoms with E-state index in [1.165, 1.54) is 0 Å². The maximum Gasteiger partial charge on any atom is 0.337 e. The van der Waals surface area contributed by atoms with Crippen LogP contribution >= 0.6 is 0 Å². The Morgan fingerprint density at radius 3 is 2.80 bits per heavy atom. The molecule has 1 aromatic heterocycles. The van der Waals surface area contributed by atoms with Crippen LogP contribution < -0.4 is 10.1 Å². The molecule has 1 heterocycles. The number of rotatable bonds is 5. The largest absolute Gasteiger partial charge is 0.481 e. The SMILES string of the molecule is COc1c(CNc2ccccc2C(=O)O)c(C)nn1C. The van der Waals surface area contributed by atoms with Crippen LogP contribution in [0.4, 0.5) is 5.69 Å². The Balaban J connectivity index is 2.24. The molecule has 0 saturated heterocycles. The molecule has 0 amide bonds. The smallest absolute Gasteiger partial charge is 0.337 e. The Bertz CT molecular complexity index is 635. The summed E-state index contributed by atoms with van der Waals surface area (Å²) in [4.78, 5) is 11.1. The molecule has 106 valence electrons. The minimum absolute atomic E-state index is 0.244. The molecule has 0 unspecified atom stereocenters. The van der Waals surface area contributed by atoms with Gasteiger partial charge in [0.05, 0.1) is 23.9 Å². The van der Waals surface area contributed by atoms with Gasteiger partial charge in [0.1, 0.15) is 0 Å². The van der Waals surface area contributed by atoms with Crippen LogP contribution in [0.5, 0.6) is 5.88 Å². The van der Waals surface area contributed by atoms with Crippen LogP contribution in [0.25, 0.3) is 0 Å². The van der Waals surface area contributed by atoms with Gasteiger partial charge in [-0.1, -0.05) is 12.1 Å². The fourth-order valence-electron chi connectivity index (χ4n) is 2.15. The van der Waals surface area contributed by atoms with Gasteiger partial charge in [0, 0.05) is 19.3 Å². The van der Waals surface area contributed by atoms with Crippen molar-refractivity contribution in [2.24, 2.45) is 7.05 Å². The standard InChI is InChI=1S/C14H17N3O3/c1-9-11(13(20-3)17(2)16-9)8-15-12-7-5-4-6-10(12)14(18)19/h4-7,15H,8H2,1-3H3,(H,18,19). The molecule has 0 radical (unpaired) electrons. The predicted molar refractivity (Wildman–Crippen MR) is 75.2 cm³/mol. The van der Waals surface area contributed by atoms with Gasteiger partial charge < -0.3 is 15.2 Å². The summed E-state index contributed by atoms with van der Waals surface area (Å²) in [7, 11) is 3.39. The normalized spacial score (nSPS) is 10.3. The van der Waals surface area contributed by atoms with Crippen LogP contribution in [-0.2, 0) is 13.6 Å². The maximum absolute atomic E-state index is 11.1. The molecule has 1 aromatic carbocycles. The second-order valence-corrected chi connectivity index (χ2v) is 4.40. The third kappa shape index (κ3) is 2.59. The molecule has 0 atom stereocenters. The summed E-state index contributed by atoms with van der Waals surface area (Å²) in [5.74, 6) is -0.286. The van der Waals surface area contributed by atoms with Crippen LogP contribution in [0.1, 0.15) is 21.6 Å². The van der Waals surface area contributed by atoms with E-state index in [4.69, 9.17) is 9.84 Å². The molecule has 0 spiro atoms. The van der Waals surface area contributed by atoms with Gasteiger partial charge in [-0.15, -0.1) is 0 Å². The molecule has 2 N–H and O–H groups in total. The van der Waals surface area contributed by atoms with Gasteiger partial charge in [-0.3, -0.25) is 0 Å². The minimum atomic E-state index is -0.956. The van der Waals surface area contributed by atoms with Gasteiger partial charge in [0.25, 0.3) is 0 Å². The van der Waals surface area contributed by atoms with Crippen molar-refractivity contribution in [2.45, 2.75) is 13.5 Å². The first-order valence-corrected chi connectivity index (χ1v) is 6.17. The van der Waals surface area contributed by atoms with E-state index in [1.54, 1.807) is 43.1 Å². The lowest BCUT2D eigenvalue weighted by molar-refractivity contribution is 0.0698. The second-order valence-electron chi connectivity index (χ2n) is 4.40. The fraction of sp³-hybridized carbons (Fsp3) is 0.286. The summed E-state index contributed by atoms with van der Waals surface area (Å²) in [5.41, 5.74) is 2.58. The highest BCUT2D eigenvalue weighted by atomic mass is 16.5. The Kier molecular flexibility index (Phi) is 3.93. The number of ether oxygens (including phenoxy) is 1. The Labute approximate surface area is 117 Å². The summed E-state index contributed by atoms with van der Waals surface area (Å²) in [5, 5.41) is 16.6. The number of nitrogens with one attached hydrogen (secondary N) is 1. The number of hydrogen-bond donors (Lipinski definition) is 2. The highest BCUT2D eigenvalue weighted by molar-refractivity contribution is 5.94. The summed E-state index contributed by atoms with van der Waals surface area (Å²) in [6, 6.07) is 6.80. The number of benzene rings is 1. The molecule has 0 aliphatic rings. The summed E-state index contributed by atoms with van der Waals surface area (Å²) in [6.07, 6.45) is 0. The minimum Gasteiger partial charge on any atom is -0.481 e. The molecule has 0 aliphatic heterocycles. The molecule has 6 heteroatoms. The lowest BCUT2D eigenvalue weighted by atomic mass is 10.1. The molecule has 0 bridgehead atoms. The van der Waals surface area contributed by atoms with E-state index >= 15 is 0 Å². The van der Waals surface area contributed by atoms with Gasteiger partial charge in [0.15, 0.2) is 0 Å². The predicted octanol–water partition coefficient (Wildman–Crippen LogP) is 2.05. The lowest BCUT2D eigenvalue weighted by Crippen LogP contribution is -2.07. The van der Waals surface area contributed by atoms with Gasteiger partial charge in [-0.2, -0.15) is 5.10 Å². The number of carbonyl (C=O) groups is 1. The van der Waals surface area contributed by atoms with E-state index in [1.807, 2.05) is 6.92 Å². The number of carboxylic acids is 1. The third-order valence-corrected chi connectivity index (χ3v) is 3.10. The molecule has 2 aromatic rings. The topological polar surface area (TPSA) is 76.4 Å². The number of para-hydroxylation sites is 1. The van der Waals surface area contributed by atoms with Crippen molar-refractivity contribution in [3.05, 3.63) is 41.1 Å². The fourth-order valence-corrected chi connectivity index (χ4v) is 2.15. The number of carboxylic acid groups (broad SMARTS) is 1. The third-order valence-electron chi connectivity index (χ3n) is 3.10. The number of nitrogens with zero attached hydrogens (tertiary/aromatic N) is 2. The zero-order valence-electron chi connectivity index (χ0n) is 11.7. The van der Waals surface area contributed by atoms with E-state index in [-0.39, 0.29) is 5.56 Å². The van der Waals surface area contributed by atoms with Gasteiger partial charge >= 0.3 is 5.97 Å². The zero-order valence-corrected chi connectivity index (χ0v) is 11.7. The number of methoxy groups -OCH3 is 1. The zero-order chi connectivity index (χ0) is 14.7. The van der Waals surface area contributed by atoms with Gasteiger partial charge in [-0.05, 0) is 19.1 Å². The van der Waals surface area contributed by atoms with Crippen molar-refractivity contribution < 1.29 is 14.6 Å². The van der Waals surface area contributed by atoms with Crippen molar-refractivity contribution in [3.8, 4) is 5.88 Å². The maximum atomic E-state index is 11.1. The number of anilines is 1. The molecular formula is C14H17N3O3. The Morgan fingerprint density at radius 2 is 2.15 bits per heavy atom. The molecule has 20 heavy (non-hydrogen) atoms. The number of aromatic nitrogens is 2. The van der Waals surface area contributed by atoms with Crippen molar-refractivity contribution >= 4 is 11.7 Å². The van der Waals surface area contributed by atoms with E-state index in [2.05, 4.69) is 10.4 Å². The molecule has 6 nitrogen and oxygen atoms in total. The van der Waals surface area contributed by atoms with E-state index < -0.39 is 5.97 Å². The van der Waals surface area contributed by atoms with Crippen LogP contribution in [0, 0.1) is 6.92 Å². The van der Waals surface area contributed by atoms with Gasteiger partial charge in [0.2, 0.25) is 5.88 Å². The quantitative estimate of drug-likeness (QED) is 0.873. The number of aromatic carboxylic acids is 1. The van der Waals surface area contributed by atoms with Crippen molar-refractivity contribution in [1.82, 2.24) is 9.78 Å². The Hall–Kier alpha value is -2.50. The average molecular weight is 275 g/mol. The van der Waals surface area contributed by atoms with E-state index in [0.717, 1.165) is 11.3 Å². The summed E-state index contributed by atoms with van der Waals surface area (Å²) in [6.45, 7) is 2.34. The average Bonchev–Trinajstić information content (AvgIpc) is 2.70. The van der Waals surface area contributed by atoms with Crippen LogP contribution in [0.3, 0.4) is 0 Å². The van der Waals surface area contributed by atoms with E-state index in [9.17, 15) is 4.79 Å². The van der Waals surface area contributed by atoms with E-state index in [0.29, 0.717) is 18.1 Å².